The number of hydrogen-bond acceptors (Lipinski definition) is 4. The smallest absolute Gasteiger partial charge is 0.164 e. The van der Waals surface area contributed by atoms with E-state index in [-0.39, 0.29) is 17.4 Å². The minimum Gasteiger partial charge on any atom is -0.389 e. The summed E-state index contributed by atoms with van der Waals surface area (Å²) in [6.45, 7) is 9.88. The van der Waals surface area contributed by atoms with Crippen LogP contribution >= 0.6 is 0 Å². The van der Waals surface area contributed by atoms with E-state index < -0.39 is 11.4 Å². The Hall–Kier alpha value is -1.46. The summed E-state index contributed by atoms with van der Waals surface area (Å²) in [5, 5.41) is 9.97. The molecule has 1 atom stereocenters. The molecular formula is C17H25FN2O2. The number of carbonyl (C=O) groups excluding carboxylic acids is 1. The third-order valence-corrected chi connectivity index (χ3v) is 4.04. The lowest BCUT2D eigenvalue weighted by molar-refractivity contribution is 0.0201. The van der Waals surface area contributed by atoms with E-state index in [9.17, 15) is 14.3 Å². The highest BCUT2D eigenvalue weighted by Gasteiger charge is 2.29. The molecule has 0 saturated carbocycles. The second kappa shape index (κ2) is 6.34. The summed E-state index contributed by atoms with van der Waals surface area (Å²) in [7, 11) is 0. The molecular weight excluding hydrogens is 283 g/mol. The van der Waals surface area contributed by atoms with Gasteiger partial charge in [0, 0.05) is 32.2 Å². The van der Waals surface area contributed by atoms with Crippen molar-refractivity contribution in [1.29, 1.82) is 0 Å². The minimum absolute atomic E-state index is 0.172. The van der Waals surface area contributed by atoms with Gasteiger partial charge in [0.05, 0.1) is 16.9 Å². The van der Waals surface area contributed by atoms with E-state index in [4.69, 9.17) is 0 Å². The summed E-state index contributed by atoms with van der Waals surface area (Å²) in [6, 6.07) is 5.00. The molecule has 1 aromatic carbocycles. The molecule has 1 aliphatic rings. The molecule has 1 unspecified atom stereocenters. The standard InChI is InChI=1S/C17H25FN2O2/c1-12-10-19(8-9-20(12)11-17(3,4)22)15-7-5-6-14(18)16(15)13(2)21/h5-7,12,22H,8-11H2,1-4H3. The van der Waals surface area contributed by atoms with Crippen molar-refractivity contribution in [2.24, 2.45) is 0 Å². The summed E-state index contributed by atoms with van der Waals surface area (Å²) < 4.78 is 14.0. The highest BCUT2D eigenvalue weighted by molar-refractivity contribution is 6.00. The number of β-amino-alcohol motifs (C(OH)–C–C–N with tert-alkyl or cyclic N) is 1. The SMILES string of the molecule is CC(=O)c1c(F)cccc1N1CCN(CC(C)(C)O)C(C)C1. The van der Waals surface area contributed by atoms with Crippen molar-refractivity contribution >= 4 is 11.5 Å². The molecule has 0 bridgehead atoms. The lowest BCUT2D eigenvalue weighted by Gasteiger charge is -2.43. The van der Waals surface area contributed by atoms with Crippen LogP contribution in [0.5, 0.6) is 0 Å². The van der Waals surface area contributed by atoms with Crippen LogP contribution in [0.25, 0.3) is 0 Å². The average Bonchev–Trinajstić information content (AvgIpc) is 2.39. The number of anilines is 1. The molecule has 2 rings (SSSR count). The van der Waals surface area contributed by atoms with Gasteiger partial charge in [0.2, 0.25) is 0 Å². The Morgan fingerprint density at radius 3 is 2.64 bits per heavy atom. The molecule has 0 aromatic heterocycles. The van der Waals surface area contributed by atoms with Gasteiger partial charge in [0.25, 0.3) is 0 Å². The topological polar surface area (TPSA) is 43.8 Å². The first-order valence-electron chi connectivity index (χ1n) is 7.70. The van der Waals surface area contributed by atoms with Gasteiger partial charge < -0.3 is 10.0 Å². The lowest BCUT2D eigenvalue weighted by atomic mass is 10.0. The molecule has 0 radical (unpaired) electrons. The number of benzene rings is 1. The number of ketones is 1. The number of hydrogen-bond donors (Lipinski definition) is 1. The van der Waals surface area contributed by atoms with E-state index in [2.05, 4.69) is 16.7 Å². The predicted octanol–water partition coefficient (Wildman–Crippen LogP) is 2.31. The molecule has 22 heavy (non-hydrogen) atoms. The van der Waals surface area contributed by atoms with Crippen LogP contribution in [-0.4, -0.2) is 53.6 Å². The van der Waals surface area contributed by atoms with Crippen LogP contribution in [0, 0.1) is 5.82 Å². The van der Waals surface area contributed by atoms with E-state index in [1.807, 2.05) is 0 Å². The predicted molar refractivity (Wildman–Crippen MR) is 86.0 cm³/mol. The van der Waals surface area contributed by atoms with Gasteiger partial charge in [0.1, 0.15) is 5.82 Å². The molecule has 0 amide bonds. The van der Waals surface area contributed by atoms with Crippen molar-refractivity contribution in [2.75, 3.05) is 31.1 Å². The maximum atomic E-state index is 14.0. The highest BCUT2D eigenvalue weighted by atomic mass is 19.1. The van der Waals surface area contributed by atoms with Crippen molar-refractivity contribution in [1.82, 2.24) is 4.90 Å². The number of aliphatic hydroxyl groups is 1. The van der Waals surface area contributed by atoms with Gasteiger partial charge >= 0.3 is 0 Å². The molecule has 0 aliphatic carbocycles. The molecule has 1 fully saturated rings. The Morgan fingerprint density at radius 1 is 1.41 bits per heavy atom. The Balaban J connectivity index is 2.18. The first kappa shape index (κ1) is 16.9. The average molecular weight is 308 g/mol. The minimum atomic E-state index is -0.736. The molecule has 1 aliphatic heterocycles. The van der Waals surface area contributed by atoms with E-state index in [0.29, 0.717) is 25.3 Å². The first-order chi connectivity index (χ1) is 10.2. The van der Waals surface area contributed by atoms with Gasteiger partial charge in [-0.2, -0.15) is 0 Å². The summed E-state index contributed by atoms with van der Waals surface area (Å²) in [5.41, 5.74) is 0.104. The van der Waals surface area contributed by atoms with Gasteiger partial charge in [-0.1, -0.05) is 6.07 Å². The van der Waals surface area contributed by atoms with E-state index in [1.54, 1.807) is 26.0 Å². The third kappa shape index (κ3) is 3.84. The van der Waals surface area contributed by atoms with Gasteiger partial charge in [-0.05, 0) is 39.8 Å². The van der Waals surface area contributed by atoms with Crippen molar-refractivity contribution in [3.8, 4) is 0 Å². The monoisotopic (exact) mass is 308 g/mol. The van der Waals surface area contributed by atoms with Gasteiger partial charge in [0.15, 0.2) is 5.78 Å². The lowest BCUT2D eigenvalue weighted by Crippen LogP contribution is -2.55. The Labute approximate surface area is 131 Å². The van der Waals surface area contributed by atoms with Crippen LogP contribution in [0.3, 0.4) is 0 Å². The van der Waals surface area contributed by atoms with Crippen molar-refractivity contribution in [2.45, 2.75) is 39.3 Å². The fourth-order valence-electron chi connectivity index (χ4n) is 3.07. The second-order valence-corrected chi connectivity index (χ2v) is 6.77. The van der Waals surface area contributed by atoms with Crippen LogP contribution in [0.15, 0.2) is 18.2 Å². The maximum Gasteiger partial charge on any atom is 0.164 e. The quantitative estimate of drug-likeness (QED) is 0.867. The highest BCUT2D eigenvalue weighted by Crippen LogP contribution is 2.26. The van der Waals surface area contributed by atoms with Gasteiger partial charge in [-0.3, -0.25) is 9.69 Å². The van der Waals surface area contributed by atoms with Crippen LogP contribution in [-0.2, 0) is 0 Å². The van der Waals surface area contributed by atoms with E-state index >= 15 is 0 Å². The molecule has 122 valence electrons. The summed E-state index contributed by atoms with van der Waals surface area (Å²) in [6.07, 6.45) is 0. The van der Waals surface area contributed by atoms with Crippen molar-refractivity contribution in [3.63, 3.8) is 0 Å². The zero-order valence-electron chi connectivity index (χ0n) is 13.8. The Morgan fingerprint density at radius 2 is 2.09 bits per heavy atom. The van der Waals surface area contributed by atoms with Crippen LogP contribution in [0.2, 0.25) is 0 Å². The summed E-state index contributed by atoms with van der Waals surface area (Å²) in [4.78, 5) is 16.0. The maximum absolute atomic E-state index is 14.0. The van der Waals surface area contributed by atoms with Gasteiger partial charge in [-0.25, -0.2) is 4.39 Å². The Kier molecular flexibility index (Phi) is 4.87. The molecule has 1 N–H and O–H groups in total. The molecule has 1 aromatic rings. The number of carbonyl (C=O) groups is 1. The molecule has 1 saturated heterocycles. The third-order valence-electron chi connectivity index (χ3n) is 4.04. The second-order valence-electron chi connectivity index (χ2n) is 6.77. The number of halogens is 1. The van der Waals surface area contributed by atoms with Crippen molar-refractivity contribution < 1.29 is 14.3 Å². The summed E-state index contributed by atoms with van der Waals surface area (Å²) >= 11 is 0. The largest absolute Gasteiger partial charge is 0.389 e. The van der Waals surface area contributed by atoms with E-state index in [1.165, 1.54) is 13.0 Å². The zero-order chi connectivity index (χ0) is 16.5. The van der Waals surface area contributed by atoms with Crippen LogP contribution in [0.4, 0.5) is 10.1 Å². The molecule has 0 spiro atoms. The number of Topliss-reactive ketones (excluding diaryl/α,β-unsaturated/α-hetero) is 1. The molecule has 1 heterocycles. The first-order valence-corrected chi connectivity index (χ1v) is 7.70. The van der Waals surface area contributed by atoms with Crippen LogP contribution in [0.1, 0.15) is 38.1 Å². The fourth-order valence-corrected chi connectivity index (χ4v) is 3.07. The normalized spacial score (nSPS) is 20.3. The van der Waals surface area contributed by atoms with Crippen molar-refractivity contribution in [3.05, 3.63) is 29.6 Å². The number of piperazine rings is 1. The van der Waals surface area contributed by atoms with Gasteiger partial charge in [-0.15, -0.1) is 0 Å². The Bertz CT molecular complexity index is 554. The van der Waals surface area contributed by atoms with E-state index in [0.717, 1.165) is 6.54 Å². The summed E-state index contributed by atoms with van der Waals surface area (Å²) in [5.74, 6) is -0.712. The number of rotatable bonds is 4. The fraction of sp³-hybridized carbons (Fsp3) is 0.588. The molecule has 4 nitrogen and oxygen atoms in total. The molecule has 5 heteroatoms. The van der Waals surface area contributed by atoms with Crippen LogP contribution < -0.4 is 4.90 Å². The number of nitrogens with zero attached hydrogens (tertiary/aromatic N) is 2. The zero-order valence-corrected chi connectivity index (χ0v) is 13.8.